The molecule has 0 spiro atoms. The van der Waals surface area contributed by atoms with Crippen LogP contribution in [0.3, 0.4) is 0 Å². The number of para-hydroxylation sites is 1. The second-order valence-corrected chi connectivity index (χ2v) is 6.07. The van der Waals surface area contributed by atoms with Gasteiger partial charge in [0.2, 0.25) is 0 Å². The summed E-state index contributed by atoms with van der Waals surface area (Å²) in [7, 11) is 1.92. The minimum absolute atomic E-state index is 0.0718. The van der Waals surface area contributed by atoms with E-state index in [1.54, 1.807) is 6.07 Å². The Hall–Kier alpha value is -1.39. The van der Waals surface area contributed by atoms with Crippen molar-refractivity contribution in [3.63, 3.8) is 0 Å². The van der Waals surface area contributed by atoms with Crippen LogP contribution in [-0.4, -0.2) is 19.2 Å². The highest BCUT2D eigenvalue weighted by Gasteiger charge is 2.29. The van der Waals surface area contributed by atoms with Gasteiger partial charge in [0.25, 0.3) is 0 Å². The molecule has 0 saturated heterocycles. The van der Waals surface area contributed by atoms with E-state index >= 15 is 0 Å². The summed E-state index contributed by atoms with van der Waals surface area (Å²) in [5.41, 5.74) is 2.19. The fourth-order valence-electron chi connectivity index (χ4n) is 2.80. The molecule has 4 heteroatoms. The molecule has 110 valence electrons. The Morgan fingerprint density at radius 1 is 1.29 bits per heavy atom. The molecule has 1 heterocycles. The second-order valence-electron chi connectivity index (χ2n) is 5.28. The maximum absolute atomic E-state index is 13.6. The van der Waals surface area contributed by atoms with Crippen molar-refractivity contribution in [1.29, 1.82) is 0 Å². The number of likely N-dealkylation sites (N-methyl/N-ethyl adjacent to an activating group) is 1. The lowest BCUT2D eigenvalue weighted by Crippen LogP contribution is -2.42. The smallest absolute Gasteiger partial charge is 0.137 e. The predicted octanol–water partition coefficient (Wildman–Crippen LogP) is 3.72. The van der Waals surface area contributed by atoms with Crippen molar-refractivity contribution in [1.82, 2.24) is 5.32 Å². The number of rotatable bonds is 4. The van der Waals surface area contributed by atoms with Gasteiger partial charge in [-0.1, -0.05) is 30.3 Å². The van der Waals surface area contributed by atoms with Crippen LogP contribution >= 0.6 is 15.9 Å². The van der Waals surface area contributed by atoms with Crippen molar-refractivity contribution in [3.05, 3.63) is 63.9 Å². The third kappa shape index (κ3) is 2.97. The van der Waals surface area contributed by atoms with E-state index in [2.05, 4.69) is 27.3 Å². The minimum Gasteiger partial charge on any atom is -0.488 e. The summed E-state index contributed by atoms with van der Waals surface area (Å²) in [6.07, 6.45) is 1.67. The van der Waals surface area contributed by atoms with Crippen LogP contribution in [0.1, 0.15) is 11.1 Å². The third-order valence-corrected chi connectivity index (χ3v) is 4.85. The van der Waals surface area contributed by atoms with Crippen LogP contribution in [0.2, 0.25) is 0 Å². The number of nitrogens with one attached hydrogen (secondary N) is 1. The largest absolute Gasteiger partial charge is 0.488 e. The standard InChI is InChI=1S/C17H17BrFNO/c1-20-14(9-12-6-4-7-13(19)17(12)18)16-10-11-5-2-3-8-15(11)21-16/h2-8,14,16,20H,9-10H2,1H3. The van der Waals surface area contributed by atoms with E-state index in [0.717, 1.165) is 17.7 Å². The van der Waals surface area contributed by atoms with Crippen LogP contribution < -0.4 is 10.1 Å². The van der Waals surface area contributed by atoms with Gasteiger partial charge in [-0.25, -0.2) is 4.39 Å². The molecule has 2 aromatic carbocycles. The summed E-state index contributed by atoms with van der Waals surface area (Å²) >= 11 is 3.33. The Bertz CT molecular complexity index is 621. The van der Waals surface area contributed by atoms with Crippen molar-refractivity contribution in [2.24, 2.45) is 0 Å². The van der Waals surface area contributed by atoms with Crippen molar-refractivity contribution in [2.45, 2.75) is 25.0 Å². The summed E-state index contributed by atoms with van der Waals surface area (Å²) in [6, 6.07) is 13.4. The van der Waals surface area contributed by atoms with E-state index < -0.39 is 0 Å². The van der Waals surface area contributed by atoms with Gasteiger partial charge in [-0.3, -0.25) is 0 Å². The molecule has 2 nitrogen and oxygen atoms in total. The zero-order valence-electron chi connectivity index (χ0n) is 11.8. The predicted molar refractivity (Wildman–Crippen MR) is 85.2 cm³/mol. The summed E-state index contributed by atoms with van der Waals surface area (Å²) in [5, 5.41) is 3.31. The fourth-order valence-corrected chi connectivity index (χ4v) is 3.22. The quantitative estimate of drug-likeness (QED) is 0.908. The molecule has 0 saturated carbocycles. The van der Waals surface area contributed by atoms with E-state index in [9.17, 15) is 4.39 Å². The number of fused-ring (bicyclic) bond motifs is 1. The second kappa shape index (κ2) is 6.16. The fraction of sp³-hybridized carbons (Fsp3) is 0.294. The maximum atomic E-state index is 13.6. The average Bonchev–Trinajstić information content (AvgIpc) is 2.92. The van der Waals surface area contributed by atoms with Crippen LogP contribution in [0, 0.1) is 5.82 Å². The first-order valence-electron chi connectivity index (χ1n) is 7.03. The minimum atomic E-state index is -0.224. The maximum Gasteiger partial charge on any atom is 0.137 e. The molecule has 0 aliphatic carbocycles. The van der Waals surface area contributed by atoms with Gasteiger partial charge in [-0.05, 0) is 52.7 Å². The zero-order valence-corrected chi connectivity index (χ0v) is 13.4. The van der Waals surface area contributed by atoms with Crippen molar-refractivity contribution in [3.8, 4) is 5.75 Å². The lowest BCUT2D eigenvalue weighted by molar-refractivity contribution is 0.182. The molecule has 2 unspecified atom stereocenters. The highest BCUT2D eigenvalue weighted by atomic mass is 79.9. The van der Waals surface area contributed by atoms with Gasteiger partial charge < -0.3 is 10.1 Å². The van der Waals surface area contributed by atoms with E-state index in [1.807, 2.05) is 31.3 Å². The van der Waals surface area contributed by atoms with Gasteiger partial charge in [-0.15, -0.1) is 0 Å². The summed E-state index contributed by atoms with van der Waals surface area (Å²) < 4.78 is 20.2. The molecule has 1 aliphatic rings. The zero-order chi connectivity index (χ0) is 14.8. The van der Waals surface area contributed by atoms with E-state index in [1.165, 1.54) is 11.6 Å². The van der Waals surface area contributed by atoms with Crippen LogP contribution in [0.15, 0.2) is 46.9 Å². The average molecular weight is 350 g/mol. The van der Waals surface area contributed by atoms with E-state index in [0.29, 0.717) is 10.9 Å². The topological polar surface area (TPSA) is 21.3 Å². The van der Waals surface area contributed by atoms with Crippen LogP contribution in [0.4, 0.5) is 4.39 Å². The molecular weight excluding hydrogens is 333 g/mol. The monoisotopic (exact) mass is 349 g/mol. The Morgan fingerprint density at radius 2 is 2.10 bits per heavy atom. The Kier molecular flexibility index (Phi) is 4.27. The van der Waals surface area contributed by atoms with Crippen molar-refractivity contribution < 1.29 is 9.13 Å². The highest BCUT2D eigenvalue weighted by molar-refractivity contribution is 9.10. The van der Waals surface area contributed by atoms with Crippen LogP contribution in [0.5, 0.6) is 5.75 Å². The number of benzene rings is 2. The Balaban J connectivity index is 1.77. The normalized spacial score (nSPS) is 18.1. The van der Waals surface area contributed by atoms with Crippen molar-refractivity contribution >= 4 is 15.9 Å². The number of ether oxygens (including phenoxy) is 1. The molecular formula is C17H17BrFNO. The van der Waals surface area contributed by atoms with Gasteiger partial charge in [0.05, 0.1) is 4.47 Å². The number of hydrogen-bond acceptors (Lipinski definition) is 2. The first-order valence-corrected chi connectivity index (χ1v) is 7.83. The molecule has 2 atom stereocenters. The van der Waals surface area contributed by atoms with E-state index in [4.69, 9.17) is 4.74 Å². The van der Waals surface area contributed by atoms with E-state index in [-0.39, 0.29) is 18.0 Å². The first kappa shape index (κ1) is 14.5. The lowest BCUT2D eigenvalue weighted by Gasteiger charge is -2.23. The highest BCUT2D eigenvalue weighted by Crippen LogP contribution is 2.31. The third-order valence-electron chi connectivity index (χ3n) is 3.96. The van der Waals surface area contributed by atoms with Crippen molar-refractivity contribution in [2.75, 3.05) is 7.05 Å². The van der Waals surface area contributed by atoms with Gasteiger partial charge in [0.1, 0.15) is 17.7 Å². The van der Waals surface area contributed by atoms with Crippen LogP contribution in [-0.2, 0) is 12.8 Å². The van der Waals surface area contributed by atoms with Gasteiger partial charge in [0.15, 0.2) is 0 Å². The summed E-state index contributed by atoms with van der Waals surface area (Å²) in [5.74, 6) is 0.735. The molecule has 0 radical (unpaired) electrons. The molecule has 1 N–H and O–H groups in total. The molecule has 21 heavy (non-hydrogen) atoms. The van der Waals surface area contributed by atoms with Gasteiger partial charge >= 0.3 is 0 Å². The molecule has 1 aliphatic heterocycles. The van der Waals surface area contributed by atoms with Gasteiger partial charge in [-0.2, -0.15) is 0 Å². The lowest BCUT2D eigenvalue weighted by atomic mass is 9.98. The summed E-state index contributed by atoms with van der Waals surface area (Å²) in [4.78, 5) is 0. The SMILES string of the molecule is CNC(Cc1cccc(F)c1Br)C1Cc2ccccc2O1. The Labute approximate surface area is 132 Å². The molecule has 2 aromatic rings. The van der Waals surface area contributed by atoms with Gasteiger partial charge in [0, 0.05) is 12.5 Å². The number of halogens is 2. The molecule has 0 fully saturated rings. The number of hydrogen-bond donors (Lipinski definition) is 1. The Morgan fingerprint density at radius 3 is 2.86 bits per heavy atom. The first-order chi connectivity index (χ1) is 10.2. The van der Waals surface area contributed by atoms with Crippen LogP contribution in [0.25, 0.3) is 0 Å². The summed E-state index contributed by atoms with van der Waals surface area (Å²) in [6.45, 7) is 0. The molecule has 0 aromatic heterocycles. The molecule has 3 rings (SSSR count). The molecule has 0 bridgehead atoms. The molecule has 0 amide bonds.